The van der Waals surface area contributed by atoms with Crippen LogP contribution in [0.15, 0.2) is 41.4 Å². The van der Waals surface area contributed by atoms with Crippen molar-refractivity contribution in [2.75, 3.05) is 19.1 Å². The number of benzene rings is 2. The van der Waals surface area contributed by atoms with Crippen molar-refractivity contribution >= 4 is 23.6 Å². The van der Waals surface area contributed by atoms with Gasteiger partial charge in [-0.15, -0.1) is 0 Å². The van der Waals surface area contributed by atoms with Crippen molar-refractivity contribution < 1.29 is 13.9 Å². The molecule has 1 heterocycles. The predicted molar refractivity (Wildman–Crippen MR) is 107 cm³/mol. The maximum Gasteiger partial charge on any atom is 0.337 e. The number of anilines is 1. The fourth-order valence-corrected chi connectivity index (χ4v) is 3.65. The Hall–Kier alpha value is -2.69. The zero-order valence-corrected chi connectivity index (χ0v) is 16.4. The summed E-state index contributed by atoms with van der Waals surface area (Å²) >= 11 is 0. The van der Waals surface area contributed by atoms with Gasteiger partial charge in [0.15, 0.2) is 0 Å². The lowest BCUT2D eigenvalue weighted by atomic mass is 9.80. The molecule has 0 fully saturated rings. The third kappa shape index (κ3) is 3.72. The van der Waals surface area contributed by atoms with E-state index in [4.69, 9.17) is 0 Å². The summed E-state index contributed by atoms with van der Waals surface area (Å²) in [5.74, 6) is -0.342. The summed E-state index contributed by atoms with van der Waals surface area (Å²) in [7, 11) is 3.35. The summed E-state index contributed by atoms with van der Waals surface area (Å²) < 4.78 is 19.3. The van der Waals surface area contributed by atoms with Gasteiger partial charge in [-0.05, 0) is 68.1 Å². The van der Waals surface area contributed by atoms with Gasteiger partial charge in [-0.1, -0.05) is 6.92 Å². The number of carbonyl (C=O) groups is 1. The second-order valence-corrected chi connectivity index (χ2v) is 7.71. The standard InChI is InChI=1S/C22H25FN2O2/c1-14-12-22(2,3)25(4)20-11-19(23)16(10-18(14)20)13-24-17-8-6-15(7-9-17)21(26)27-5/h6-11,13-14H,12H2,1-5H3. The quantitative estimate of drug-likeness (QED) is 0.560. The van der Waals surface area contributed by atoms with Crippen LogP contribution in [-0.2, 0) is 4.74 Å². The summed E-state index contributed by atoms with van der Waals surface area (Å²) in [6, 6.07) is 10.2. The number of hydrogen-bond acceptors (Lipinski definition) is 4. The molecule has 0 saturated heterocycles. The van der Waals surface area contributed by atoms with Gasteiger partial charge in [0.2, 0.25) is 0 Å². The normalized spacial score (nSPS) is 18.4. The van der Waals surface area contributed by atoms with Crippen molar-refractivity contribution in [3.63, 3.8) is 0 Å². The van der Waals surface area contributed by atoms with Crippen LogP contribution in [0.3, 0.4) is 0 Å². The molecule has 4 nitrogen and oxygen atoms in total. The van der Waals surface area contributed by atoms with E-state index in [0.29, 0.717) is 22.7 Å². The highest BCUT2D eigenvalue weighted by molar-refractivity contribution is 5.90. The summed E-state index contributed by atoms with van der Waals surface area (Å²) in [6.45, 7) is 6.54. The van der Waals surface area contributed by atoms with Crippen molar-refractivity contribution in [1.29, 1.82) is 0 Å². The van der Waals surface area contributed by atoms with Gasteiger partial charge in [0.1, 0.15) is 5.82 Å². The third-order valence-electron chi connectivity index (χ3n) is 5.39. The van der Waals surface area contributed by atoms with Gasteiger partial charge in [-0.2, -0.15) is 0 Å². The van der Waals surface area contributed by atoms with E-state index in [1.165, 1.54) is 13.3 Å². The number of halogens is 1. The predicted octanol–water partition coefficient (Wildman–Crippen LogP) is 5.08. The van der Waals surface area contributed by atoms with Crippen molar-refractivity contribution in [3.8, 4) is 0 Å². The smallest absolute Gasteiger partial charge is 0.337 e. The molecule has 0 aromatic heterocycles. The lowest BCUT2D eigenvalue weighted by Gasteiger charge is -2.45. The Bertz CT molecular complexity index is 888. The van der Waals surface area contributed by atoms with Crippen LogP contribution in [-0.4, -0.2) is 31.9 Å². The number of esters is 1. The Balaban J connectivity index is 1.89. The summed E-state index contributed by atoms with van der Waals surface area (Å²) in [5, 5.41) is 0. The molecule has 0 aliphatic carbocycles. The molecule has 2 aromatic carbocycles. The maximum atomic E-state index is 14.7. The first-order valence-corrected chi connectivity index (χ1v) is 9.02. The average Bonchev–Trinajstić information content (AvgIpc) is 2.64. The van der Waals surface area contributed by atoms with Crippen LogP contribution in [0.25, 0.3) is 0 Å². The van der Waals surface area contributed by atoms with Crippen molar-refractivity contribution in [3.05, 3.63) is 58.9 Å². The highest BCUT2D eigenvalue weighted by atomic mass is 19.1. The lowest BCUT2D eigenvalue weighted by molar-refractivity contribution is 0.0601. The van der Waals surface area contributed by atoms with Gasteiger partial charge in [0.05, 0.1) is 18.4 Å². The van der Waals surface area contributed by atoms with Crippen LogP contribution in [0.1, 0.15) is 54.6 Å². The molecule has 5 heteroatoms. The topological polar surface area (TPSA) is 41.9 Å². The Labute approximate surface area is 159 Å². The largest absolute Gasteiger partial charge is 0.465 e. The Morgan fingerprint density at radius 1 is 1.30 bits per heavy atom. The molecule has 0 saturated carbocycles. The Kier molecular flexibility index (Phi) is 5.05. The van der Waals surface area contributed by atoms with E-state index in [0.717, 1.165) is 17.7 Å². The number of nitrogens with zero attached hydrogens (tertiary/aromatic N) is 2. The molecule has 2 aromatic rings. The van der Waals surface area contributed by atoms with Gasteiger partial charge in [0.25, 0.3) is 0 Å². The number of ether oxygens (including phenoxy) is 1. The molecule has 1 aliphatic rings. The number of carbonyl (C=O) groups excluding carboxylic acids is 1. The molecule has 1 atom stereocenters. The fourth-order valence-electron chi connectivity index (χ4n) is 3.65. The van der Waals surface area contributed by atoms with Crippen LogP contribution < -0.4 is 4.90 Å². The molecule has 0 spiro atoms. The van der Waals surface area contributed by atoms with E-state index in [1.807, 2.05) is 13.1 Å². The molecule has 1 unspecified atom stereocenters. The molecule has 0 amide bonds. The average molecular weight is 368 g/mol. The zero-order valence-electron chi connectivity index (χ0n) is 16.4. The van der Waals surface area contributed by atoms with Gasteiger partial charge in [-0.25, -0.2) is 9.18 Å². The Morgan fingerprint density at radius 3 is 2.59 bits per heavy atom. The van der Waals surface area contributed by atoms with E-state index >= 15 is 0 Å². The maximum absolute atomic E-state index is 14.7. The SMILES string of the molecule is COC(=O)c1ccc(N=Cc2cc3c(cc2F)N(C)C(C)(C)CC3C)cc1. The van der Waals surface area contributed by atoms with Gasteiger partial charge in [-0.3, -0.25) is 4.99 Å². The minimum atomic E-state index is -0.396. The lowest BCUT2D eigenvalue weighted by Crippen LogP contribution is -2.45. The minimum Gasteiger partial charge on any atom is -0.465 e. The third-order valence-corrected chi connectivity index (χ3v) is 5.39. The monoisotopic (exact) mass is 368 g/mol. The van der Waals surface area contributed by atoms with Crippen LogP contribution in [0, 0.1) is 5.82 Å². The van der Waals surface area contributed by atoms with Gasteiger partial charge >= 0.3 is 5.97 Å². The van der Waals surface area contributed by atoms with Gasteiger partial charge < -0.3 is 9.64 Å². The number of fused-ring (bicyclic) bond motifs is 1. The summed E-state index contributed by atoms with van der Waals surface area (Å²) in [6.07, 6.45) is 2.54. The molecule has 0 N–H and O–H groups in total. The van der Waals surface area contributed by atoms with E-state index in [9.17, 15) is 9.18 Å². The first kappa shape index (κ1) is 19.1. The second-order valence-electron chi connectivity index (χ2n) is 7.71. The molecular weight excluding hydrogens is 343 g/mol. The molecule has 142 valence electrons. The van der Waals surface area contributed by atoms with E-state index < -0.39 is 5.97 Å². The number of hydrogen-bond donors (Lipinski definition) is 0. The Morgan fingerprint density at radius 2 is 1.96 bits per heavy atom. The first-order chi connectivity index (χ1) is 12.7. The van der Waals surface area contributed by atoms with Crippen molar-refractivity contribution in [2.45, 2.75) is 38.6 Å². The van der Waals surface area contributed by atoms with E-state index in [-0.39, 0.29) is 11.4 Å². The number of aliphatic imine (C=N–C) groups is 1. The molecular formula is C22H25FN2O2. The van der Waals surface area contributed by atoms with Crippen LogP contribution in [0.2, 0.25) is 0 Å². The number of methoxy groups -OCH3 is 1. The fraction of sp³-hybridized carbons (Fsp3) is 0.364. The van der Waals surface area contributed by atoms with Gasteiger partial charge in [0, 0.05) is 30.1 Å². The first-order valence-electron chi connectivity index (χ1n) is 9.02. The molecule has 0 radical (unpaired) electrons. The van der Waals surface area contributed by atoms with Crippen LogP contribution >= 0.6 is 0 Å². The highest BCUT2D eigenvalue weighted by Crippen LogP contribution is 2.43. The highest BCUT2D eigenvalue weighted by Gasteiger charge is 2.34. The zero-order chi connectivity index (χ0) is 19.8. The van der Waals surface area contributed by atoms with Crippen LogP contribution in [0.5, 0.6) is 0 Å². The van der Waals surface area contributed by atoms with Crippen molar-refractivity contribution in [2.24, 2.45) is 4.99 Å². The minimum absolute atomic E-state index is 0.00412. The molecule has 3 rings (SSSR count). The van der Waals surface area contributed by atoms with E-state index in [1.54, 1.807) is 30.3 Å². The molecule has 0 bridgehead atoms. The molecule has 1 aliphatic heterocycles. The van der Waals surface area contributed by atoms with E-state index in [2.05, 4.69) is 35.4 Å². The summed E-state index contributed by atoms with van der Waals surface area (Å²) in [5.41, 5.74) is 3.64. The summed E-state index contributed by atoms with van der Waals surface area (Å²) in [4.78, 5) is 18.0. The van der Waals surface area contributed by atoms with Crippen LogP contribution in [0.4, 0.5) is 15.8 Å². The number of rotatable bonds is 3. The second kappa shape index (κ2) is 7.14. The molecule has 27 heavy (non-hydrogen) atoms. The van der Waals surface area contributed by atoms with Crippen molar-refractivity contribution in [1.82, 2.24) is 0 Å².